The first-order chi connectivity index (χ1) is 19.5. The van der Waals surface area contributed by atoms with Crippen LogP contribution in [0.25, 0.3) is 0 Å². The molecular formula is C33H58O4Si4. The summed E-state index contributed by atoms with van der Waals surface area (Å²) in [6, 6.07) is 0. The molecule has 0 saturated heterocycles. The molecule has 0 radical (unpaired) electrons. The molecule has 4 nitrogen and oxygen atoms in total. The molecular weight excluding hydrogens is 573 g/mol. The predicted octanol–water partition coefficient (Wildman–Crippen LogP) is 7.94. The first-order valence-electron chi connectivity index (χ1n) is 17.6. The van der Waals surface area contributed by atoms with Gasteiger partial charge in [0.15, 0.2) is 16.6 Å². The zero-order chi connectivity index (χ0) is 28.6. The van der Waals surface area contributed by atoms with Gasteiger partial charge >= 0.3 is 8.56 Å². The molecule has 8 heteroatoms. The lowest BCUT2D eigenvalue weighted by atomic mass is 9.72. The van der Waals surface area contributed by atoms with Gasteiger partial charge in [-0.1, -0.05) is 12.2 Å². The van der Waals surface area contributed by atoms with Crippen LogP contribution in [0.4, 0.5) is 0 Å². The van der Waals surface area contributed by atoms with E-state index in [0.717, 1.165) is 82.1 Å². The maximum atomic E-state index is 7.23. The van der Waals surface area contributed by atoms with E-state index in [9.17, 15) is 0 Å². The van der Waals surface area contributed by atoms with Crippen molar-refractivity contribution in [1.82, 2.24) is 0 Å². The molecule has 8 aliphatic carbocycles. The molecule has 7 saturated carbocycles. The van der Waals surface area contributed by atoms with E-state index < -0.39 is 34.5 Å². The summed E-state index contributed by atoms with van der Waals surface area (Å²) in [5.41, 5.74) is 2.39. The van der Waals surface area contributed by atoms with Gasteiger partial charge < -0.3 is 17.1 Å². The molecule has 230 valence electrons. The lowest BCUT2D eigenvalue weighted by Gasteiger charge is -2.45. The summed E-state index contributed by atoms with van der Waals surface area (Å²) in [4.78, 5) is 0. The fraction of sp³-hybridized carbons (Fsp3) is 0.939. The molecule has 0 N–H and O–H groups in total. The first kappa shape index (κ1) is 28.9. The minimum absolute atomic E-state index is 0.674. The highest BCUT2D eigenvalue weighted by Gasteiger charge is 2.70. The molecule has 7 fully saturated rings. The maximum absolute atomic E-state index is 7.23. The molecule has 17 unspecified atom stereocenters. The monoisotopic (exact) mass is 630 g/mol. The Hall–Kier alpha value is 0.448. The van der Waals surface area contributed by atoms with E-state index in [1.54, 1.807) is 0 Å². The Labute approximate surface area is 255 Å². The Bertz CT molecular complexity index is 1080. The van der Waals surface area contributed by atoms with Crippen LogP contribution in [0.1, 0.15) is 51.4 Å². The Balaban J connectivity index is 0.950. The predicted molar refractivity (Wildman–Crippen MR) is 175 cm³/mol. The smallest absolute Gasteiger partial charge is 0.329 e. The van der Waals surface area contributed by atoms with Gasteiger partial charge in [0.1, 0.15) is 0 Å². The maximum Gasteiger partial charge on any atom is 0.329 e. The van der Waals surface area contributed by atoms with E-state index in [-0.39, 0.29) is 0 Å². The van der Waals surface area contributed by atoms with E-state index in [1.165, 1.54) is 51.4 Å². The second-order valence-electron chi connectivity index (χ2n) is 17.6. The van der Waals surface area contributed by atoms with Crippen molar-refractivity contribution in [3.8, 4) is 0 Å². The number of hydrogen-bond donors (Lipinski definition) is 0. The second-order valence-corrected chi connectivity index (χ2v) is 32.1. The van der Waals surface area contributed by atoms with Crippen molar-refractivity contribution in [3.63, 3.8) is 0 Å². The van der Waals surface area contributed by atoms with Gasteiger partial charge in [-0.25, -0.2) is 0 Å². The minimum atomic E-state index is -2.32. The molecule has 17 atom stereocenters. The van der Waals surface area contributed by atoms with Crippen molar-refractivity contribution in [2.45, 2.75) is 107 Å². The third-order valence-corrected chi connectivity index (χ3v) is 31.5. The Morgan fingerprint density at radius 2 is 1.24 bits per heavy atom. The third kappa shape index (κ3) is 4.12. The van der Waals surface area contributed by atoms with Gasteiger partial charge in [-0.3, -0.25) is 0 Å². The highest BCUT2D eigenvalue weighted by molar-refractivity contribution is 6.81. The summed E-state index contributed by atoms with van der Waals surface area (Å²) in [5.74, 6) is 11.3. The largest absolute Gasteiger partial charge is 0.438 e. The second kappa shape index (κ2) is 9.73. The van der Waals surface area contributed by atoms with E-state index in [4.69, 9.17) is 17.1 Å². The van der Waals surface area contributed by atoms with Crippen LogP contribution in [0, 0.1) is 71.0 Å². The summed E-state index contributed by atoms with van der Waals surface area (Å²) < 4.78 is 27.2. The van der Waals surface area contributed by atoms with Crippen molar-refractivity contribution >= 4 is 34.5 Å². The van der Waals surface area contributed by atoms with Crippen molar-refractivity contribution in [3.05, 3.63) is 12.2 Å². The van der Waals surface area contributed by atoms with E-state index in [0.29, 0.717) is 5.54 Å². The number of allylic oxidation sites excluding steroid dienone is 2. The zero-order valence-corrected chi connectivity index (χ0v) is 31.3. The summed E-state index contributed by atoms with van der Waals surface area (Å²) in [5, 5.41) is 0. The van der Waals surface area contributed by atoms with E-state index in [2.05, 4.69) is 51.4 Å². The van der Waals surface area contributed by atoms with Gasteiger partial charge in [-0.05, 0) is 173 Å². The summed E-state index contributed by atoms with van der Waals surface area (Å²) in [6.45, 7) is 14.8. The molecule has 0 spiro atoms. The Morgan fingerprint density at radius 3 is 2.00 bits per heavy atom. The molecule has 41 heavy (non-hydrogen) atoms. The van der Waals surface area contributed by atoms with Crippen molar-refractivity contribution in [2.24, 2.45) is 71.0 Å². The molecule has 0 aromatic rings. The molecule has 6 bridgehead atoms. The number of fused-ring (bicyclic) bond motifs is 16. The molecule has 8 aliphatic rings. The zero-order valence-electron chi connectivity index (χ0n) is 27.2. The lowest BCUT2D eigenvalue weighted by molar-refractivity contribution is 0.135. The van der Waals surface area contributed by atoms with Crippen LogP contribution in [0.15, 0.2) is 12.2 Å². The standard InChI is InChI=1S/C33H58O4Si4/c1-34-39(4,5)29-17-21-14-26(29)27-18-24-20-13-28(33(24)32(21)27)31(16-20)41(8,35-2)37-38(3)36-40(6,7)30-15-19-12-25(30)23-11-9-10-22(19)23/h9,11,19-33,38H,10,12-18H2,1-8H3. The van der Waals surface area contributed by atoms with Crippen LogP contribution in [0.2, 0.25) is 55.9 Å². The average Bonchev–Trinajstić information content (AvgIpc) is 3.74. The van der Waals surface area contributed by atoms with Gasteiger partial charge in [0.2, 0.25) is 0 Å². The molecule has 0 aromatic heterocycles. The Morgan fingerprint density at radius 1 is 0.585 bits per heavy atom. The molecule has 0 aromatic carbocycles. The molecule has 0 aliphatic heterocycles. The van der Waals surface area contributed by atoms with Crippen LogP contribution < -0.4 is 0 Å². The van der Waals surface area contributed by atoms with Crippen LogP contribution in [0.5, 0.6) is 0 Å². The fourth-order valence-electron chi connectivity index (χ4n) is 14.3. The molecule has 0 amide bonds. The highest BCUT2D eigenvalue weighted by atomic mass is 28.5. The third-order valence-electron chi connectivity index (χ3n) is 15.7. The van der Waals surface area contributed by atoms with Gasteiger partial charge in [-0.15, -0.1) is 0 Å². The van der Waals surface area contributed by atoms with Crippen molar-refractivity contribution in [2.75, 3.05) is 14.2 Å². The topological polar surface area (TPSA) is 36.9 Å². The van der Waals surface area contributed by atoms with E-state index in [1.807, 2.05) is 14.2 Å². The normalized spacial score (nSPS) is 52.7. The summed E-state index contributed by atoms with van der Waals surface area (Å²) >= 11 is 0. The van der Waals surface area contributed by atoms with Crippen LogP contribution in [-0.2, 0) is 17.1 Å². The quantitative estimate of drug-likeness (QED) is 0.192. The minimum Gasteiger partial charge on any atom is -0.438 e. The van der Waals surface area contributed by atoms with Gasteiger partial charge in [0.05, 0.1) is 0 Å². The highest BCUT2D eigenvalue weighted by Crippen LogP contribution is 2.76. The van der Waals surface area contributed by atoms with Crippen LogP contribution in [0.3, 0.4) is 0 Å². The average molecular weight is 631 g/mol. The van der Waals surface area contributed by atoms with Crippen molar-refractivity contribution in [1.29, 1.82) is 0 Å². The van der Waals surface area contributed by atoms with Crippen LogP contribution in [-0.4, -0.2) is 48.7 Å². The van der Waals surface area contributed by atoms with E-state index >= 15 is 0 Å². The van der Waals surface area contributed by atoms with Crippen molar-refractivity contribution < 1.29 is 17.1 Å². The summed E-state index contributed by atoms with van der Waals surface area (Å²) in [6.07, 6.45) is 16.7. The van der Waals surface area contributed by atoms with Crippen LogP contribution >= 0.6 is 0 Å². The van der Waals surface area contributed by atoms with Gasteiger partial charge in [0, 0.05) is 19.8 Å². The Kier molecular flexibility index (Phi) is 6.85. The summed E-state index contributed by atoms with van der Waals surface area (Å²) in [7, 11) is -3.51. The SMILES string of the molecule is CO[Si](C)(C)C1CC2CC1C1CC3C4CC(C3C21)C([Si](C)(OC)O[SiH](C)O[Si](C)(C)C1CC2CC1C1C=CCC21)C4. The number of hydrogen-bond acceptors (Lipinski definition) is 4. The van der Waals surface area contributed by atoms with Gasteiger partial charge in [-0.2, -0.15) is 0 Å². The molecule has 8 rings (SSSR count). The fourth-order valence-corrected chi connectivity index (χ4v) is 29.8. The molecule has 0 heterocycles. The lowest BCUT2D eigenvalue weighted by Crippen LogP contribution is -2.53. The number of rotatable bonds is 9. The first-order valence-corrected chi connectivity index (χ1v) is 28.0. The van der Waals surface area contributed by atoms with Gasteiger partial charge in [0.25, 0.3) is 9.28 Å².